The molecule has 172 valence electrons. The third-order valence-electron chi connectivity index (χ3n) is 5.52. The van der Waals surface area contributed by atoms with Crippen molar-refractivity contribution in [3.8, 4) is 5.69 Å². The van der Waals surface area contributed by atoms with Gasteiger partial charge >= 0.3 is 0 Å². The van der Waals surface area contributed by atoms with Gasteiger partial charge in [-0.25, -0.2) is 14.4 Å². The number of imidazole rings is 1. The lowest BCUT2D eigenvalue weighted by molar-refractivity contribution is 0.0963. The highest BCUT2D eigenvalue weighted by molar-refractivity contribution is 6.33. The Bertz CT molecular complexity index is 1410. The van der Waals surface area contributed by atoms with Gasteiger partial charge in [0.05, 0.1) is 29.7 Å². The second kappa shape index (κ2) is 8.64. The van der Waals surface area contributed by atoms with Crippen molar-refractivity contribution in [2.45, 2.75) is 13.1 Å². The predicted octanol–water partition coefficient (Wildman–Crippen LogP) is 3.66. The van der Waals surface area contributed by atoms with Crippen LogP contribution in [0.2, 0.25) is 5.02 Å². The average molecular weight is 479 g/mol. The van der Waals surface area contributed by atoms with E-state index in [4.69, 9.17) is 17.3 Å². The third kappa shape index (κ3) is 3.88. The highest BCUT2D eigenvalue weighted by atomic mass is 35.5. The van der Waals surface area contributed by atoms with Gasteiger partial charge in [-0.05, 0) is 35.9 Å². The number of nitrogens with two attached hydrogens (primary N) is 1. The third-order valence-corrected chi connectivity index (χ3v) is 5.79. The Hall–Kier alpha value is -4.18. The summed E-state index contributed by atoms with van der Waals surface area (Å²) >= 11 is 6.34. The fourth-order valence-corrected chi connectivity index (χ4v) is 4.04. The number of fused-ring (bicyclic) bond motifs is 3. The number of anilines is 4. The number of hydrogen-bond donors (Lipinski definition) is 3. The zero-order chi connectivity index (χ0) is 23.8. The van der Waals surface area contributed by atoms with Crippen LogP contribution in [0, 0.1) is 5.82 Å². The van der Waals surface area contributed by atoms with E-state index in [1.807, 2.05) is 33.9 Å². The number of amides is 1. The molecule has 1 amide bonds. The molecule has 2 aromatic carbocycles. The molecule has 9 nitrogen and oxygen atoms in total. The summed E-state index contributed by atoms with van der Waals surface area (Å²) in [7, 11) is 1.47. The van der Waals surface area contributed by atoms with E-state index in [1.165, 1.54) is 31.4 Å². The molecule has 1 aliphatic rings. The van der Waals surface area contributed by atoms with E-state index in [0.717, 1.165) is 17.1 Å². The fourth-order valence-electron chi connectivity index (χ4n) is 3.90. The lowest BCUT2D eigenvalue weighted by Crippen LogP contribution is -2.24. The molecule has 0 atom stereocenters. The number of para-hydroxylation sites is 1. The van der Waals surface area contributed by atoms with E-state index in [-0.39, 0.29) is 22.1 Å². The van der Waals surface area contributed by atoms with Gasteiger partial charge in [0.2, 0.25) is 5.95 Å². The van der Waals surface area contributed by atoms with Crippen LogP contribution in [0.4, 0.5) is 27.5 Å². The van der Waals surface area contributed by atoms with Crippen LogP contribution in [-0.2, 0) is 13.1 Å². The van der Waals surface area contributed by atoms with E-state index in [1.54, 1.807) is 6.20 Å². The normalized spacial score (nSPS) is 12.5. The van der Waals surface area contributed by atoms with Crippen molar-refractivity contribution in [3.05, 3.63) is 82.8 Å². The molecule has 2 aromatic heterocycles. The Morgan fingerprint density at radius 2 is 2.06 bits per heavy atom. The quantitative estimate of drug-likeness (QED) is 0.383. The molecule has 34 heavy (non-hydrogen) atoms. The maximum Gasteiger partial charge on any atom is 0.253 e. The Morgan fingerprint density at radius 3 is 2.88 bits per heavy atom. The first-order chi connectivity index (χ1) is 16.4. The molecule has 4 aromatic rings. The number of benzene rings is 2. The van der Waals surface area contributed by atoms with Crippen LogP contribution < -0.4 is 21.3 Å². The van der Waals surface area contributed by atoms with Crippen LogP contribution in [0.15, 0.2) is 55.0 Å². The number of nitrogen functional groups attached to an aromatic ring is 1. The van der Waals surface area contributed by atoms with Crippen LogP contribution in [0.1, 0.15) is 21.7 Å². The standard InChI is InChI=1S/C23H20ClFN8O/c1-27-22(34)15-3-2-4-17(25)20(15)30-21-16(24)10-29-23(31-21)32-11-13-9-14(26)5-6-18(13)33-8-7-28-19(33)12-32/h2-10H,11-12,26H2,1H3,(H,27,34)(H,29,30,31). The van der Waals surface area contributed by atoms with Gasteiger partial charge in [-0.1, -0.05) is 17.7 Å². The van der Waals surface area contributed by atoms with Gasteiger partial charge in [0, 0.05) is 31.7 Å². The lowest BCUT2D eigenvalue weighted by atomic mass is 10.1. The summed E-state index contributed by atoms with van der Waals surface area (Å²) in [6.07, 6.45) is 5.06. The molecule has 1 aliphatic heterocycles. The minimum Gasteiger partial charge on any atom is -0.399 e. The second-order valence-electron chi connectivity index (χ2n) is 7.69. The summed E-state index contributed by atoms with van der Waals surface area (Å²) in [5.41, 5.74) is 8.72. The summed E-state index contributed by atoms with van der Waals surface area (Å²) < 4.78 is 16.6. The number of rotatable bonds is 4. The monoisotopic (exact) mass is 478 g/mol. The Kier molecular flexibility index (Phi) is 5.50. The van der Waals surface area contributed by atoms with Crippen molar-refractivity contribution >= 4 is 40.6 Å². The number of carbonyl (C=O) groups excluding carboxylic acids is 1. The molecule has 0 saturated heterocycles. The van der Waals surface area contributed by atoms with E-state index < -0.39 is 11.7 Å². The maximum absolute atomic E-state index is 14.6. The summed E-state index contributed by atoms with van der Waals surface area (Å²) in [5, 5.41) is 5.55. The van der Waals surface area contributed by atoms with Crippen LogP contribution >= 0.6 is 11.6 Å². The highest BCUT2D eigenvalue weighted by Crippen LogP contribution is 2.31. The topological polar surface area (TPSA) is 114 Å². The number of halogens is 2. The predicted molar refractivity (Wildman–Crippen MR) is 128 cm³/mol. The first-order valence-corrected chi connectivity index (χ1v) is 10.8. The van der Waals surface area contributed by atoms with Crippen molar-refractivity contribution in [3.63, 3.8) is 0 Å². The zero-order valence-corrected chi connectivity index (χ0v) is 18.8. The molecule has 5 rings (SSSR count). The van der Waals surface area contributed by atoms with E-state index in [2.05, 4.69) is 25.6 Å². The van der Waals surface area contributed by atoms with Crippen LogP contribution in [0.25, 0.3) is 5.69 Å². The molecule has 0 radical (unpaired) electrons. The average Bonchev–Trinajstić information content (AvgIpc) is 3.22. The summed E-state index contributed by atoms with van der Waals surface area (Å²) in [6, 6.07) is 9.92. The lowest BCUT2D eigenvalue weighted by Gasteiger charge is -2.21. The fraction of sp³-hybridized carbons (Fsp3) is 0.130. The maximum atomic E-state index is 14.6. The largest absolute Gasteiger partial charge is 0.399 e. The van der Waals surface area contributed by atoms with Gasteiger partial charge in [-0.15, -0.1) is 0 Å². The molecule has 4 N–H and O–H groups in total. The van der Waals surface area contributed by atoms with Crippen molar-refractivity contribution in [1.82, 2.24) is 24.8 Å². The molecule has 11 heteroatoms. The van der Waals surface area contributed by atoms with Crippen LogP contribution in [-0.4, -0.2) is 32.5 Å². The van der Waals surface area contributed by atoms with Crippen LogP contribution in [0.5, 0.6) is 0 Å². The molecule has 0 saturated carbocycles. The van der Waals surface area contributed by atoms with Gasteiger partial charge in [0.1, 0.15) is 16.7 Å². The van der Waals surface area contributed by atoms with E-state index >= 15 is 0 Å². The summed E-state index contributed by atoms with van der Waals surface area (Å²) in [5.74, 6) is 0.268. The van der Waals surface area contributed by atoms with Gasteiger partial charge in [-0.3, -0.25) is 4.79 Å². The molecule has 3 heterocycles. The van der Waals surface area contributed by atoms with E-state index in [0.29, 0.717) is 24.7 Å². The highest BCUT2D eigenvalue weighted by Gasteiger charge is 2.23. The second-order valence-corrected chi connectivity index (χ2v) is 8.10. The van der Waals surface area contributed by atoms with Gasteiger partial charge < -0.3 is 25.8 Å². The number of aromatic nitrogens is 4. The molecular weight excluding hydrogens is 459 g/mol. The van der Waals surface area contributed by atoms with E-state index in [9.17, 15) is 9.18 Å². The van der Waals surface area contributed by atoms with Crippen molar-refractivity contribution < 1.29 is 9.18 Å². The SMILES string of the molecule is CNC(=O)c1cccc(F)c1Nc1nc(N2Cc3cc(N)ccc3-n3ccnc3C2)ncc1Cl. The number of carbonyl (C=O) groups is 1. The molecule has 0 spiro atoms. The minimum absolute atomic E-state index is 0.0297. The van der Waals surface area contributed by atoms with Gasteiger partial charge in [-0.2, -0.15) is 4.98 Å². The van der Waals surface area contributed by atoms with Crippen molar-refractivity contribution in [2.24, 2.45) is 0 Å². The van der Waals surface area contributed by atoms with Crippen molar-refractivity contribution in [2.75, 3.05) is 23.0 Å². The zero-order valence-electron chi connectivity index (χ0n) is 18.1. The first-order valence-electron chi connectivity index (χ1n) is 10.4. The molecular formula is C23H20ClFN8O. The Labute approximate surface area is 199 Å². The molecule has 0 fully saturated rings. The number of nitrogens with one attached hydrogen (secondary N) is 2. The van der Waals surface area contributed by atoms with Crippen LogP contribution in [0.3, 0.4) is 0 Å². The summed E-state index contributed by atoms with van der Waals surface area (Å²) in [6.45, 7) is 0.889. The number of hydrogen-bond acceptors (Lipinski definition) is 7. The molecule has 0 unspecified atom stereocenters. The molecule has 0 bridgehead atoms. The summed E-state index contributed by atoms with van der Waals surface area (Å²) in [4.78, 5) is 27.6. The molecule has 0 aliphatic carbocycles. The Balaban J connectivity index is 1.54. The van der Waals surface area contributed by atoms with Crippen molar-refractivity contribution in [1.29, 1.82) is 0 Å². The minimum atomic E-state index is -0.612. The first kappa shape index (κ1) is 21.7. The Morgan fingerprint density at radius 1 is 1.21 bits per heavy atom. The van der Waals surface area contributed by atoms with Gasteiger partial charge in [0.25, 0.3) is 5.91 Å². The van der Waals surface area contributed by atoms with Gasteiger partial charge in [0.15, 0.2) is 5.82 Å². The smallest absolute Gasteiger partial charge is 0.253 e. The number of nitrogens with zero attached hydrogens (tertiary/aromatic N) is 5.